The maximum absolute atomic E-state index is 13.9. The summed E-state index contributed by atoms with van der Waals surface area (Å²) >= 11 is 12.5. The van der Waals surface area contributed by atoms with Gasteiger partial charge in [-0.05, 0) is 49.7 Å². The molecule has 0 amide bonds. The molecule has 0 aliphatic rings. The summed E-state index contributed by atoms with van der Waals surface area (Å²) in [5, 5.41) is 4.03. The minimum Gasteiger partial charge on any atom is -0.490 e. The van der Waals surface area contributed by atoms with Crippen LogP contribution >= 0.6 is 23.2 Å². The van der Waals surface area contributed by atoms with Gasteiger partial charge in [0.1, 0.15) is 12.4 Å². The highest BCUT2D eigenvalue weighted by atomic mass is 35.5. The molecule has 0 aliphatic heterocycles. The summed E-state index contributed by atoms with van der Waals surface area (Å²) in [6.45, 7) is 4.48. The van der Waals surface area contributed by atoms with Crippen LogP contribution in [0.15, 0.2) is 30.3 Å². The number of methoxy groups -OCH3 is 1. The summed E-state index contributed by atoms with van der Waals surface area (Å²) in [4.78, 5) is 0. The second-order valence-electron chi connectivity index (χ2n) is 5.85. The fourth-order valence-electron chi connectivity index (χ4n) is 2.52. The fourth-order valence-corrected chi connectivity index (χ4v) is 3.02. The Kier molecular flexibility index (Phi) is 9.15. The van der Waals surface area contributed by atoms with Gasteiger partial charge in [0.15, 0.2) is 11.5 Å². The molecule has 0 unspecified atom stereocenters. The zero-order valence-electron chi connectivity index (χ0n) is 15.5. The molecule has 7 heteroatoms. The molecule has 0 bridgehead atoms. The molecular formula is C20H24Cl2FNO3. The quantitative estimate of drug-likeness (QED) is 0.509. The van der Waals surface area contributed by atoms with Crippen LogP contribution in [0.2, 0.25) is 10.0 Å². The van der Waals surface area contributed by atoms with Gasteiger partial charge in [-0.3, -0.25) is 0 Å². The molecule has 2 aromatic rings. The van der Waals surface area contributed by atoms with Gasteiger partial charge in [0.2, 0.25) is 0 Å². The molecule has 0 saturated heterocycles. The normalized spacial score (nSPS) is 10.9. The topological polar surface area (TPSA) is 39.7 Å². The van der Waals surface area contributed by atoms with Gasteiger partial charge >= 0.3 is 0 Å². The van der Waals surface area contributed by atoms with Crippen molar-refractivity contribution in [2.45, 2.75) is 26.5 Å². The third-order valence-corrected chi connectivity index (χ3v) is 4.46. The van der Waals surface area contributed by atoms with Crippen molar-refractivity contribution in [3.8, 4) is 11.5 Å². The standard InChI is InChI=1S/C20H24Cl2FNO3/c1-3-26-19-11-14(12-24-8-5-9-25-2)10-17(22)20(19)27-13-15-16(21)6-4-7-18(15)23/h4,6-7,10-11,24H,3,5,8-9,12-13H2,1-2H3. The molecule has 1 N–H and O–H groups in total. The van der Waals surface area contributed by atoms with E-state index in [1.54, 1.807) is 19.2 Å². The minimum atomic E-state index is -0.423. The molecule has 0 aromatic heterocycles. The van der Waals surface area contributed by atoms with Crippen LogP contribution in [0.25, 0.3) is 0 Å². The zero-order chi connectivity index (χ0) is 19.6. The van der Waals surface area contributed by atoms with E-state index in [4.69, 9.17) is 37.4 Å². The molecule has 0 aliphatic carbocycles. The highest BCUT2D eigenvalue weighted by molar-refractivity contribution is 6.32. The summed E-state index contributed by atoms with van der Waals surface area (Å²) in [5.41, 5.74) is 1.25. The highest BCUT2D eigenvalue weighted by Gasteiger charge is 2.15. The molecule has 0 fully saturated rings. The first kappa shape index (κ1) is 21.8. The Morgan fingerprint density at radius 2 is 1.93 bits per heavy atom. The third-order valence-electron chi connectivity index (χ3n) is 3.82. The number of nitrogens with one attached hydrogen (secondary N) is 1. The van der Waals surface area contributed by atoms with Gasteiger partial charge in [-0.25, -0.2) is 4.39 Å². The molecule has 27 heavy (non-hydrogen) atoms. The molecule has 0 atom stereocenters. The fraction of sp³-hybridized carbons (Fsp3) is 0.400. The molecule has 0 radical (unpaired) electrons. The predicted octanol–water partition coefficient (Wildman–Crippen LogP) is 5.24. The van der Waals surface area contributed by atoms with E-state index in [9.17, 15) is 4.39 Å². The van der Waals surface area contributed by atoms with Gasteiger partial charge in [0, 0.05) is 25.8 Å². The Morgan fingerprint density at radius 3 is 2.63 bits per heavy atom. The van der Waals surface area contributed by atoms with Crippen molar-refractivity contribution in [3.05, 3.63) is 57.3 Å². The Morgan fingerprint density at radius 1 is 1.11 bits per heavy atom. The summed E-state index contributed by atoms with van der Waals surface area (Å²) in [5.74, 6) is 0.473. The van der Waals surface area contributed by atoms with Crippen molar-refractivity contribution in [2.24, 2.45) is 0 Å². The summed E-state index contributed by atoms with van der Waals surface area (Å²) in [6, 6.07) is 8.19. The second kappa shape index (κ2) is 11.3. The minimum absolute atomic E-state index is 0.0418. The van der Waals surface area contributed by atoms with Crippen molar-refractivity contribution < 1.29 is 18.6 Å². The van der Waals surface area contributed by atoms with E-state index >= 15 is 0 Å². The lowest BCUT2D eigenvalue weighted by molar-refractivity contribution is 0.194. The maximum atomic E-state index is 13.9. The molecule has 0 saturated carbocycles. The smallest absolute Gasteiger partial charge is 0.180 e. The first-order valence-corrected chi connectivity index (χ1v) is 9.53. The van der Waals surface area contributed by atoms with Crippen LogP contribution in [-0.4, -0.2) is 26.9 Å². The first-order chi connectivity index (χ1) is 13.1. The average Bonchev–Trinajstić information content (AvgIpc) is 2.63. The van der Waals surface area contributed by atoms with Crippen molar-refractivity contribution in [2.75, 3.05) is 26.9 Å². The van der Waals surface area contributed by atoms with Gasteiger partial charge in [0.05, 0.1) is 16.7 Å². The molecule has 2 rings (SSSR count). The molecule has 2 aromatic carbocycles. The lowest BCUT2D eigenvalue weighted by Gasteiger charge is -2.16. The molecular weight excluding hydrogens is 392 g/mol. The Hall–Kier alpha value is -1.53. The number of halogens is 3. The van der Waals surface area contributed by atoms with E-state index in [1.165, 1.54) is 6.07 Å². The van der Waals surface area contributed by atoms with Gasteiger partial charge in [-0.2, -0.15) is 0 Å². The van der Waals surface area contributed by atoms with E-state index in [2.05, 4.69) is 5.32 Å². The lowest BCUT2D eigenvalue weighted by atomic mass is 10.2. The van der Waals surface area contributed by atoms with Gasteiger partial charge < -0.3 is 19.5 Å². The van der Waals surface area contributed by atoms with Crippen LogP contribution in [0.3, 0.4) is 0 Å². The van der Waals surface area contributed by atoms with E-state index in [1.807, 2.05) is 19.1 Å². The van der Waals surface area contributed by atoms with Crippen molar-refractivity contribution >= 4 is 23.2 Å². The van der Waals surface area contributed by atoms with Crippen molar-refractivity contribution in [1.82, 2.24) is 5.32 Å². The van der Waals surface area contributed by atoms with Gasteiger partial charge in [-0.1, -0.05) is 29.3 Å². The van der Waals surface area contributed by atoms with Crippen LogP contribution in [0.5, 0.6) is 11.5 Å². The Bertz CT molecular complexity index is 723. The number of rotatable bonds is 11. The highest BCUT2D eigenvalue weighted by Crippen LogP contribution is 2.37. The third kappa shape index (κ3) is 6.54. The molecule has 148 valence electrons. The summed E-state index contributed by atoms with van der Waals surface area (Å²) in [6.07, 6.45) is 0.924. The van der Waals surface area contributed by atoms with Crippen LogP contribution in [0, 0.1) is 5.82 Å². The first-order valence-electron chi connectivity index (χ1n) is 8.77. The molecule has 0 spiro atoms. The monoisotopic (exact) mass is 415 g/mol. The Labute approximate surface area is 169 Å². The van der Waals surface area contributed by atoms with E-state index in [-0.39, 0.29) is 12.2 Å². The number of hydrogen-bond donors (Lipinski definition) is 1. The molecule has 0 heterocycles. The summed E-state index contributed by atoms with van der Waals surface area (Å²) < 4.78 is 30.4. The van der Waals surface area contributed by atoms with Crippen molar-refractivity contribution in [3.63, 3.8) is 0 Å². The number of ether oxygens (including phenoxy) is 3. The van der Waals surface area contributed by atoms with Crippen LogP contribution in [-0.2, 0) is 17.9 Å². The van der Waals surface area contributed by atoms with Crippen molar-refractivity contribution in [1.29, 1.82) is 0 Å². The van der Waals surface area contributed by atoms with Crippen LogP contribution in [0.1, 0.15) is 24.5 Å². The SMILES string of the molecule is CCOc1cc(CNCCCOC)cc(Cl)c1OCc1c(F)cccc1Cl. The van der Waals surface area contributed by atoms with E-state index < -0.39 is 5.82 Å². The van der Waals surface area contributed by atoms with Crippen LogP contribution in [0.4, 0.5) is 4.39 Å². The zero-order valence-corrected chi connectivity index (χ0v) is 17.0. The van der Waals surface area contributed by atoms with E-state index in [0.29, 0.717) is 41.3 Å². The van der Waals surface area contributed by atoms with Gasteiger partial charge in [0.25, 0.3) is 0 Å². The largest absolute Gasteiger partial charge is 0.490 e. The number of hydrogen-bond acceptors (Lipinski definition) is 4. The lowest BCUT2D eigenvalue weighted by Crippen LogP contribution is -2.16. The predicted molar refractivity (Wildman–Crippen MR) is 107 cm³/mol. The summed E-state index contributed by atoms with van der Waals surface area (Å²) in [7, 11) is 1.68. The Balaban J connectivity index is 2.10. The maximum Gasteiger partial charge on any atom is 0.180 e. The van der Waals surface area contributed by atoms with Crippen LogP contribution < -0.4 is 14.8 Å². The van der Waals surface area contributed by atoms with Gasteiger partial charge in [-0.15, -0.1) is 0 Å². The number of benzene rings is 2. The second-order valence-corrected chi connectivity index (χ2v) is 6.66. The van der Waals surface area contributed by atoms with E-state index in [0.717, 1.165) is 18.5 Å². The molecule has 4 nitrogen and oxygen atoms in total. The average molecular weight is 416 g/mol.